The predicted octanol–water partition coefficient (Wildman–Crippen LogP) is 4.40. The van der Waals surface area contributed by atoms with E-state index in [9.17, 15) is 4.79 Å². The first-order valence-electron chi connectivity index (χ1n) is 9.32. The monoisotopic (exact) mass is 336 g/mol. The summed E-state index contributed by atoms with van der Waals surface area (Å²) in [5.74, 6) is 0.227. The first-order valence-corrected chi connectivity index (χ1v) is 9.32. The van der Waals surface area contributed by atoms with E-state index in [1.54, 1.807) is 0 Å². The molecule has 1 fully saturated rings. The fourth-order valence-corrected chi connectivity index (χ4v) is 3.61. The fraction of sp³-hybridized carbons (Fsp3) is 0.409. The molecular weight excluding hydrogens is 308 g/mol. The number of carbonyl (C=O) groups excluding carboxylic acids is 1. The van der Waals surface area contributed by atoms with Gasteiger partial charge in [-0.15, -0.1) is 0 Å². The number of aryl methyl sites for hydroxylation is 1. The Hall–Kier alpha value is -2.13. The molecule has 0 saturated carbocycles. The van der Waals surface area contributed by atoms with Crippen LogP contribution in [-0.4, -0.2) is 29.9 Å². The molecule has 0 radical (unpaired) electrons. The topological polar surface area (TPSA) is 23.6 Å². The molecule has 1 aliphatic heterocycles. The third kappa shape index (κ3) is 4.49. The molecule has 2 aromatic carbocycles. The lowest BCUT2D eigenvalue weighted by molar-refractivity contribution is -0.119. The van der Waals surface area contributed by atoms with Crippen LogP contribution in [0.5, 0.6) is 0 Å². The Morgan fingerprint density at radius 3 is 2.28 bits per heavy atom. The summed E-state index contributed by atoms with van der Waals surface area (Å²) in [5, 5.41) is 0. The summed E-state index contributed by atoms with van der Waals surface area (Å²) in [6.45, 7) is 7.11. The number of rotatable bonds is 5. The van der Waals surface area contributed by atoms with E-state index in [0.717, 1.165) is 38.2 Å². The number of nitrogens with zero attached hydrogens (tertiary/aromatic N) is 2. The maximum atomic E-state index is 12.6. The van der Waals surface area contributed by atoms with E-state index in [-0.39, 0.29) is 5.91 Å². The molecule has 3 nitrogen and oxygen atoms in total. The SMILES string of the molecule is CCC(=O)N(c1ccc(C)cc1)C1CCN(Cc2ccccc2)CC1. The highest BCUT2D eigenvalue weighted by Crippen LogP contribution is 2.25. The number of carbonyl (C=O) groups is 1. The molecule has 3 rings (SSSR count). The first-order chi connectivity index (χ1) is 12.2. The molecule has 1 aliphatic rings. The molecule has 25 heavy (non-hydrogen) atoms. The molecule has 0 bridgehead atoms. The van der Waals surface area contributed by atoms with Gasteiger partial charge in [0.05, 0.1) is 0 Å². The molecule has 3 heteroatoms. The van der Waals surface area contributed by atoms with Crippen LogP contribution in [0.1, 0.15) is 37.3 Å². The van der Waals surface area contributed by atoms with Crippen molar-refractivity contribution in [2.45, 2.75) is 45.7 Å². The van der Waals surface area contributed by atoms with E-state index in [4.69, 9.17) is 0 Å². The minimum absolute atomic E-state index is 0.227. The number of anilines is 1. The van der Waals surface area contributed by atoms with E-state index in [2.05, 4.69) is 66.4 Å². The van der Waals surface area contributed by atoms with Gasteiger partial charge in [-0.05, 0) is 37.5 Å². The van der Waals surface area contributed by atoms with Gasteiger partial charge in [-0.2, -0.15) is 0 Å². The normalized spacial score (nSPS) is 15.9. The Balaban J connectivity index is 1.66. The van der Waals surface area contributed by atoms with Crippen molar-refractivity contribution in [1.82, 2.24) is 4.90 Å². The largest absolute Gasteiger partial charge is 0.309 e. The zero-order valence-corrected chi connectivity index (χ0v) is 15.3. The molecule has 1 saturated heterocycles. The average molecular weight is 336 g/mol. The maximum Gasteiger partial charge on any atom is 0.226 e. The van der Waals surface area contributed by atoms with Crippen LogP contribution in [-0.2, 0) is 11.3 Å². The van der Waals surface area contributed by atoms with E-state index in [1.807, 2.05) is 11.8 Å². The molecule has 0 aromatic heterocycles. The number of likely N-dealkylation sites (tertiary alicyclic amines) is 1. The molecule has 132 valence electrons. The van der Waals surface area contributed by atoms with Crippen molar-refractivity contribution in [1.29, 1.82) is 0 Å². The van der Waals surface area contributed by atoms with Crippen LogP contribution in [0.2, 0.25) is 0 Å². The van der Waals surface area contributed by atoms with Crippen molar-refractivity contribution in [3.05, 3.63) is 65.7 Å². The van der Waals surface area contributed by atoms with E-state index in [0.29, 0.717) is 12.5 Å². The van der Waals surface area contributed by atoms with Crippen LogP contribution in [0.4, 0.5) is 5.69 Å². The summed E-state index contributed by atoms with van der Waals surface area (Å²) in [6.07, 6.45) is 2.62. The average Bonchev–Trinajstić information content (AvgIpc) is 2.65. The highest BCUT2D eigenvalue weighted by molar-refractivity contribution is 5.93. The molecule has 0 spiro atoms. The molecule has 0 aliphatic carbocycles. The lowest BCUT2D eigenvalue weighted by Gasteiger charge is -2.38. The van der Waals surface area contributed by atoms with Gasteiger partial charge in [0, 0.05) is 37.8 Å². The van der Waals surface area contributed by atoms with Gasteiger partial charge in [0.25, 0.3) is 0 Å². The third-order valence-electron chi connectivity index (χ3n) is 5.05. The van der Waals surface area contributed by atoms with Crippen molar-refractivity contribution in [2.24, 2.45) is 0 Å². The minimum atomic E-state index is 0.227. The standard InChI is InChI=1S/C22H28N2O/c1-3-22(25)24(20-11-9-18(2)10-12-20)21-13-15-23(16-14-21)17-19-7-5-4-6-8-19/h4-12,21H,3,13-17H2,1-2H3. The second-order valence-electron chi connectivity index (χ2n) is 6.95. The summed E-state index contributed by atoms with van der Waals surface area (Å²) in [4.78, 5) is 17.1. The minimum Gasteiger partial charge on any atom is -0.309 e. The van der Waals surface area contributed by atoms with E-state index >= 15 is 0 Å². The lowest BCUT2D eigenvalue weighted by atomic mass is 10.0. The maximum absolute atomic E-state index is 12.6. The van der Waals surface area contributed by atoms with Crippen molar-refractivity contribution in [2.75, 3.05) is 18.0 Å². The van der Waals surface area contributed by atoms with Crippen LogP contribution in [0.15, 0.2) is 54.6 Å². The van der Waals surface area contributed by atoms with Crippen molar-refractivity contribution in [3.63, 3.8) is 0 Å². The summed E-state index contributed by atoms with van der Waals surface area (Å²) in [7, 11) is 0. The Morgan fingerprint density at radius 1 is 1.04 bits per heavy atom. The van der Waals surface area contributed by atoms with Crippen molar-refractivity contribution >= 4 is 11.6 Å². The van der Waals surface area contributed by atoms with Gasteiger partial charge in [0.2, 0.25) is 5.91 Å². The smallest absolute Gasteiger partial charge is 0.226 e. The van der Waals surface area contributed by atoms with E-state index < -0.39 is 0 Å². The van der Waals surface area contributed by atoms with Gasteiger partial charge in [0.15, 0.2) is 0 Å². The molecule has 0 atom stereocenters. The number of amides is 1. The van der Waals surface area contributed by atoms with Gasteiger partial charge < -0.3 is 4.90 Å². The lowest BCUT2D eigenvalue weighted by Crippen LogP contribution is -2.47. The van der Waals surface area contributed by atoms with Gasteiger partial charge >= 0.3 is 0 Å². The molecular formula is C22H28N2O. The van der Waals surface area contributed by atoms with Gasteiger partial charge in [-0.3, -0.25) is 9.69 Å². The van der Waals surface area contributed by atoms with Crippen LogP contribution in [0.3, 0.4) is 0 Å². The fourth-order valence-electron chi connectivity index (χ4n) is 3.61. The van der Waals surface area contributed by atoms with Crippen LogP contribution < -0.4 is 4.90 Å². The second-order valence-corrected chi connectivity index (χ2v) is 6.95. The molecule has 0 N–H and O–H groups in total. The predicted molar refractivity (Wildman–Crippen MR) is 104 cm³/mol. The summed E-state index contributed by atoms with van der Waals surface area (Å²) >= 11 is 0. The first kappa shape index (κ1) is 17.7. The van der Waals surface area contributed by atoms with Gasteiger partial charge in [0.1, 0.15) is 0 Å². The quantitative estimate of drug-likeness (QED) is 0.808. The van der Waals surface area contributed by atoms with Crippen LogP contribution in [0, 0.1) is 6.92 Å². The third-order valence-corrected chi connectivity index (χ3v) is 5.05. The Morgan fingerprint density at radius 2 is 1.68 bits per heavy atom. The molecule has 0 unspecified atom stereocenters. The summed E-state index contributed by atoms with van der Waals surface area (Å²) in [6, 6.07) is 19.3. The number of piperidine rings is 1. The zero-order valence-electron chi connectivity index (χ0n) is 15.3. The van der Waals surface area contributed by atoms with Crippen LogP contribution in [0.25, 0.3) is 0 Å². The summed E-state index contributed by atoms with van der Waals surface area (Å²) < 4.78 is 0. The van der Waals surface area contributed by atoms with Gasteiger partial charge in [-0.25, -0.2) is 0 Å². The highest BCUT2D eigenvalue weighted by atomic mass is 16.2. The Bertz CT molecular complexity index is 673. The molecule has 1 heterocycles. The highest BCUT2D eigenvalue weighted by Gasteiger charge is 2.28. The number of hydrogen-bond acceptors (Lipinski definition) is 2. The van der Waals surface area contributed by atoms with Crippen molar-refractivity contribution in [3.8, 4) is 0 Å². The van der Waals surface area contributed by atoms with Crippen molar-refractivity contribution < 1.29 is 4.79 Å². The van der Waals surface area contributed by atoms with Crippen LogP contribution >= 0.6 is 0 Å². The molecule has 2 aromatic rings. The van der Waals surface area contributed by atoms with E-state index in [1.165, 1.54) is 11.1 Å². The number of hydrogen-bond donors (Lipinski definition) is 0. The zero-order chi connectivity index (χ0) is 17.6. The molecule has 1 amide bonds. The number of benzene rings is 2. The Labute approximate surface area is 151 Å². The second kappa shape index (κ2) is 8.30. The Kier molecular flexibility index (Phi) is 5.87. The van der Waals surface area contributed by atoms with Gasteiger partial charge in [-0.1, -0.05) is 55.0 Å². The summed E-state index contributed by atoms with van der Waals surface area (Å²) in [5.41, 5.74) is 3.63.